The molecule has 0 aliphatic rings. The third-order valence-electron chi connectivity index (χ3n) is 4.82. The SMILES string of the molecule is [B]c1cnn2c(N(Cc3cccnc3)C(=O)OC(C)(C)C)cc(-c3ccccc3SC)nc12. The summed E-state index contributed by atoms with van der Waals surface area (Å²) in [6, 6.07) is 13.6. The van der Waals surface area contributed by atoms with Crippen molar-refractivity contribution in [2.24, 2.45) is 0 Å². The third kappa shape index (κ3) is 5.03. The molecule has 0 aliphatic carbocycles. The summed E-state index contributed by atoms with van der Waals surface area (Å²) in [5.41, 5.74) is 2.70. The van der Waals surface area contributed by atoms with Crippen LogP contribution in [0.15, 0.2) is 66.0 Å². The zero-order valence-electron chi connectivity index (χ0n) is 19.0. The Hall–Kier alpha value is -3.33. The second kappa shape index (κ2) is 9.27. The maximum atomic E-state index is 13.4. The van der Waals surface area contributed by atoms with Crippen molar-refractivity contribution in [2.75, 3.05) is 11.2 Å². The molecule has 0 aliphatic heterocycles. The summed E-state index contributed by atoms with van der Waals surface area (Å²) in [6.45, 7) is 5.75. The summed E-state index contributed by atoms with van der Waals surface area (Å²) in [6.07, 6.45) is 6.46. The van der Waals surface area contributed by atoms with Crippen LogP contribution in [0.2, 0.25) is 0 Å². The average molecular weight is 457 g/mol. The highest BCUT2D eigenvalue weighted by atomic mass is 32.2. The van der Waals surface area contributed by atoms with Crippen LogP contribution in [-0.4, -0.2) is 45.4 Å². The number of anilines is 1. The van der Waals surface area contributed by atoms with E-state index in [4.69, 9.17) is 17.6 Å². The number of carbonyl (C=O) groups excluding carboxylic acids is 1. The van der Waals surface area contributed by atoms with Crippen molar-refractivity contribution in [3.8, 4) is 11.3 Å². The Labute approximate surface area is 198 Å². The lowest BCUT2D eigenvalue weighted by Crippen LogP contribution is -2.37. The number of rotatable bonds is 5. The van der Waals surface area contributed by atoms with E-state index in [1.165, 1.54) is 11.1 Å². The van der Waals surface area contributed by atoms with Gasteiger partial charge in [0.25, 0.3) is 0 Å². The minimum absolute atomic E-state index is 0.241. The minimum atomic E-state index is -0.673. The summed E-state index contributed by atoms with van der Waals surface area (Å²) in [5, 5.41) is 4.40. The lowest BCUT2D eigenvalue weighted by molar-refractivity contribution is 0.0575. The van der Waals surface area contributed by atoms with Gasteiger partial charge in [-0.3, -0.25) is 9.88 Å². The molecule has 4 rings (SSSR count). The Morgan fingerprint density at radius 3 is 2.67 bits per heavy atom. The number of carbonyl (C=O) groups is 1. The molecular weight excluding hydrogens is 433 g/mol. The Kier molecular flexibility index (Phi) is 6.42. The third-order valence-corrected chi connectivity index (χ3v) is 5.61. The van der Waals surface area contributed by atoms with Gasteiger partial charge in [-0.05, 0) is 50.2 Å². The molecule has 7 nitrogen and oxygen atoms in total. The van der Waals surface area contributed by atoms with Crippen LogP contribution in [0.1, 0.15) is 26.3 Å². The van der Waals surface area contributed by atoms with Crippen LogP contribution < -0.4 is 10.4 Å². The number of thioether (sulfide) groups is 1. The van der Waals surface area contributed by atoms with Gasteiger partial charge in [-0.25, -0.2) is 9.78 Å². The monoisotopic (exact) mass is 457 g/mol. The molecule has 4 aromatic rings. The van der Waals surface area contributed by atoms with Crippen LogP contribution >= 0.6 is 11.8 Å². The number of amides is 1. The summed E-state index contributed by atoms with van der Waals surface area (Å²) in [4.78, 5) is 24.9. The van der Waals surface area contributed by atoms with Gasteiger partial charge in [-0.15, -0.1) is 11.8 Å². The minimum Gasteiger partial charge on any atom is -0.443 e. The van der Waals surface area contributed by atoms with E-state index in [1.807, 2.05) is 69.5 Å². The first-order valence-electron chi connectivity index (χ1n) is 10.4. The molecule has 0 spiro atoms. The van der Waals surface area contributed by atoms with Crippen molar-refractivity contribution in [3.63, 3.8) is 0 Å². The fourth-order valence-electron chi connectivity index (χ4n) is 3.38. The number of fused-ring (bicyclic) bond motifs is 1. The average Bonchev–Trinajstić information content (AvgIpc) is 3.17. The van der Waals surface area contributed by atoms with Gasteiger partial charge < -0.3 is 4.74 Å². The van der Waals surface area contributed by atoms with Crippen molar-refractivity contribution < 1.29 is 9.53 Å². The summed E-state index contributed by atoms with van der Waals surface area (Å²) < 4.78 is 7.31. The second-order valence-corrected chi connectivity index (χ2v) is 9.31. The Morgan fingerprint density at radius 1 is 1.18 bits per heavy atom. The van der Waals surface area contributed by atoms with E-state index >= 15 is 0 Å². The number of ether oxygens (including phenoxy) is 1. The van der Waals surface area contributed by atoms with Gasteiger partial charge in [0.05, 0.1) is 12.2 Å². The molecule has 3 aromatic heterocycles. The molecule has 2 radical (unpaired) electrons. The van der Waals surface area contributed by atoms with Crippen molar-refractivity contribution in [3.05, 3.63) is 66.6 Å². The number of pyridine rings is 1. The standard InChI is InChI=1S/C24H24BN5O2S/c1-24(2,3)32-23(31)29(15-16-8-7-11-26-13-16)21-12-19(17-9-5-6-10-20(17)33-4)28-22-18(25)14-27-30(21)22/h5-14H,15H2,1-4H3. The molecule has 3 heterocycles. The fraction of sp³-hybridized carbons (Fsp3) is 0.250. The van der Waals surface area contributed by atoms with Gasteiger partial charge in [0, 0.05) is 35.1 Å². The van der Waals surface area contributed by atoms with Gasteiger partial charge in [0.2, 0.25) is 0 Å². The summed E-state index contributed by atoms with van der Waals surface area (Å²) in [5.74, 6) is 0.501. The number of hydrogen-bond acceptors (Lipinski definition) is 6. The van der Waals surface area contributed by atoms with Gasteiger partial charge in [0.1, 0.15) is 19.3 Å². The first-order valence-corrected chi connectivity index (χ1v) is 11.7. The summed E-state index contributed by atoms with van der Waals surface area (Å²) >= 11 is 1.63. The lowest BCUT2D eigenvalue weighted by atomic mass is 10.0. The van der Waals surface area contributed by atoms with Crippen molar-refractivity contribution in [1.82, 2.24) is 19.6 Å². The Balaban J connectivity index is 1.91. The molecule has 0 fully saturated rings. The van der Waals surface area contributed by atoms with E-state index in [0.29, 0.717) is 22.6 Å². The van der Waals surface area contributed by atoms with Gasteiger partial charge >= 0.3 is 6.09 Å². The fourth-order valence-corrected chi connectivity index (χ4v) is 3.99. The largest absolute Gasteiger partial charge is 0.443 e. The summed E-state index contributed by atoms with van der Waals surface area (Å²) in [7, 11) is 6.20. The van der Waals surface area contributed by atoms with E-state index in [-0.39, 0.29) is 6.54 Å². The quantitative estimate of drug-likeness (QED) is 0.330. The molecule has 0 atom stereocenters. The number of benzene rings is 1. The number of hydrogen-bond donors (Lipinski definition) is 0. The highest BCUT2D eigenvalue weighted by Crippen LogP contribution is 2.32. The predicted molar refractivity (Wildman–Crippen MR) is 132 cm³/mol. The second-order valence-electron chi connectivity index (χ2n) is 8.46. The molecule has 9 heteroatoms. The lowest BCUT2D eigenvalue weighted by Gasteiger charge is -2.28. The zero-order valence-corrected chi connectivity index (χ0v) is 19.8. The van der Waals surface area contributed by atoms with E-state index in [0.717, 1.165) is 16.0 Å². The molecule has 0 N–H and O–H groups in total. The topological polar surface area (TPSA) is 72.6 Å². The molecule has 0 saturated carbocycles. The van der Waals surface area contributed by atoms with Crippen LogP contribution in [0.5, 0.6) is 0 Å². The van der Waals surface area contributed by atoms with E-state index in [1.54, 1.807) is 28.7 Å². The molecule has 0 bridgehead atoms. The van der Waals surface area contributed by atoms with Gasteiger partial charge in [-0.1, -0.05) is 24.3 Å². The maximum Gasteiger partial charge on any atom is 0.416 e. The smallest absolute Gasteiger partial charge is 0.416 e. The highest BCUT2D eigenvalue weighted by Gasteiger charge is 2.27. The van der Waals surface area contributed by atoms with E-state index in [2.05, 4.69) is 10.1 Å². The Morgan fingerprint density at radius 2 is 1.97 bits per heavy atom. The van der Waals surface area contributed by atoms with Crippen LogP contribution in [0.4, 0.5) is 10.6 Å². The Bertz CT molecular complexity index is 1290. The molecule has 0 unspecified atom stereocenters. The number of nitrogens with zero attached hydrogens (tertiary/aromatic N) is 5. The molecule has 1 amide bonds. The first-order chi connectivity index (χ1) is 15.8. The van der Waals surface area contributed by atoms with Gasteiger partial charge in [0.15, 0.2) is 5.65 Å². The van der Waals surface area contributed by atoms with Crippen LogP contribution in [0.25, 0.3) is 16.9 Å². The molecular formula is C24H24BN5O2S. The van der Waals surface area contributed by atoms with Crippen LogP contribution in [0, 0.1) is 0 Å². The molecule has 0 saturated heterocycles. The highest BCUT2D eigenvalue weighted by molar-refractivity contribution is 7.98. The molecule has 1 aromatic carbocycles. The van der Waals surface area contributed by atoms with Crippen LogP contribution in [0.3, 0.4) is 0 Å². The van der Waals surface area contributed by atoms with Crippen molar-refractivity contribution in [2.45, 2.75) is 37.8 Å². The van der Waals surface area contributed by atoms with Crippen molar-refractivity contribution >= 4 is 42.6 Å². The predicted octanol–water partition coefficient (Wildman–Crippen LogP) is 4.25. The normalized spacial score (nSPS) is 11.5. The van der Waals surface area contributed by atoms with E-state index in [9.17, 15) is 4.79 Å². The van der Waals surface area contributed by atoms with Gasteiger partial charge in [-0.2, -0.15) is 9.61 Å². The van der Waals surface area contributed by atoms with Crippen LogP contribution in [-0.2, 0) is 11.3 Å². The van der Waals surface area contributed by atoms with E-state index < -0.39 is 11.7 Å². The first kappa shape index (κ1) is 22.9. The van der Waals surface area contributed by atoms with Crippen molar-refractivity contribution in [1.29, 1.82) is 0 Å². The number of aromatic nitrogens is 4. The maximum absolute atomic E-state index is 13.4. The molecule has 33 heavy (non-hydrogen) atoms. The zero-order chi connectivity index (χ0) is 23.6. The molecule has 166 valence electrons.